The van der Waals surface area contributed by atoms with E-state index in [1.54, 1.807) is 25.1 Å². The first kappa shape index (κ1) is 12.7. The van der Waals surface area contributed by atoms with Crippen molar-refractivity contribution >= 4 is 40.4 Å². The molecule has 2 aromatic heterocycles. The minimum Gasteiger partial charge on any atom is -0.357 e. The van der Waals surface area contributed by atoms with Gasteiger partial charge in [-0.15, -0.1) is 11.8 Å². The molecule has 3 aromatic rings. The van der Waals surface area contributed by atoms with E-state index < -0.39 is 0 Å². The Labute approximate surface area is 120 Å². The Bertz CT molecular complexity index is 739. The summed E-state index contributed by atoms with van der Waals surface area (Å²) in [5, 5.41) is 6.24. The number of hydrogen-bond acceptors (Lipinski definition) is 6. The zero-order valence-electron chi connectivity index (χ0n) is 11.1. The van der Waals surface area contributed by atoms with E-state index >= 15 is 0 Å². The second kappa shape index (κ2) is 5.38. The fourth-order valence-electron chi connectivity index (χ4n) is 1.87. The van der Waals surface area contributed by atoms with E-state index in [1.807, 2.05) is 12.1 Å². The van der Waals surface area contributed by atoms with Crippen molar-refractivity contribution in [2.75, 3.05) is 23.9 Å². The first-order chi connectivity index (χ1) is 9.80. The number of H-pyrrole nitrogens is 1. The molecule has 0 unspecified atom stereocenters. The van der Waals surface area contributed by atoms with E-state index in [9.17, 15) is 0 Å². The number of benzene rings is 1. The van der Waals surface area contributed by atoms with Crippen LogP contribution in [0.5, 0.6) is 0 Å². The van der Waals surface area contributed by atoms with E-state index in [0.717, 1.165) is 11.2 Å². The molecular formula is C13H14N6S. The van der Waals surface area contributed by atoms with Crippen LogP contribution in [0.1, 0.15) is 0 Å². The topological polar surface area (TPSA) is 78.5 Å². The predicted octanol–water partition coefficient (Wildman–Crippen LogP) is 2.86. The number of aromatic amines is 1. The molecule has 0 saturated carbocycles. The lowest BCUT2D eigenvalue weighted by molar-refractivity contribution is 1.18. The van der Waals surface area contributed by atoms with Crippen LogP contribution in [-0.4, -0.2) is 33.2 Å². The molecular weight excluding hydrogens is 272 g/mol. The molecule has 0 saturated heterocycles. The highest BCUT2D eigenvalue weighted by molar-refractivity contribution is 7.98. The highest BCUT2D eigenvalue weighted by Gasteiger charge is 2.09. The molecule has 0 aliphatic heterocycles. The van der Waals surface area contributed by atoms with Crippen LogP contribution in [0.25, 0.3) is 11.2 Å². The molecule has 0 atom stereocenters. The summed E-state index contributed by atoms with van der Waals surface area (Å²) in [6, 6.07) is 8.16. The maximum absolute atomic E-state index is 4.43. The standard InChI is InChI=1S/C13H14N6S/c1-14-13-18-11-10(15-7-16-11)12(19-13)17-8-4-3-5-9(6-8)20-2/h3-7H,1-2H3,(H3,14,15,16,17,18,19). The molecule has 0 fully saturated rings. The van der Waals surface area contributed by atoms with Crippen molar-refractivity contribution < 1.29 is 0 Å². The lowest BCUT2D eigenvalue weighted by Gasteiger charge is -2.09. The van der Waals surface area contributed by atoms with Gasteiger partial charge in [0.15, 0.2) is 11.5 Å². The average Bonchev–Trinajstić information content (AvgIpc) is 2.96. The van der Waals surface area contributed by atoms with Crippen molar-refractivity contribution in [3.05, 3.63) is 30.6 Å². The summed E-state index contributed by atoms with van der Waals surface area (Å²) in [6.45, 7) is 0. The molecule has 0 aliphatic carbocycles. The monoisotopic (exact) mass is 286 g/mol. The first-order valence-electron chi connectivity index (χ1n) is 6.10. The summed E-state index contributed by atoms with van der Waals surface area (Å²) < 4.78 is 0. The average molecular weight is 286 g/mol. The van der Waals surface area contributed by atoms with Gasteiger partial charge in [0.2, 0.25) is 5.95 Å². The van der Waals surface area contributed by atoms with E-state index in [-0.39, 0.29) is 0 Å². The van der Waals surface area contributed by atoms with Crippen LogP contribution >= 0.6 is 11.8 Å². The number of fused-ring (bicyclic) bond motifs is 1. The molecule has 2 heterocycles. The summed E-state index contributed by atoms with van der Waals surface area (Å²) >= 11 is 1.70. The summed E-state index contributed by atoms with van der Waals surface area (Å²) in [4.78, 5) is 17.1. The number of imidazole rings is 1. The Morgan fingerprint density at radius 1 is 1.25 bits per heavy atom. The van der Waals surface area contributed by atoms with Gasteiger partial charge in [-0.2, -0.15) is 9.97 Å². The van der Waals surface area contributed by atoms with Crippen LogP contribution in [0.2, 0.25) is 0 Å². The maximum atomic E-state index is 4.43. The highest BCUT2D eigenvalue weighted by atomic mass is 32.2. The molecule has 0 bridgehead atoms. The zero-order valence-corrected chi connectivity index (χ0v) is 12.0. The van der Waals surface area contributed by atoms with Crippen LogP contribution < -0.4 is 10.6 Å². The number of hydrogen-bond donors (Lipinski definition) is 3. The predicted molar refractivity (Wildman–Crippen MR) is 82.7 cm³/mol. The third-order valence-corrected chi connectivity index (χ3v) is 3.57. The van der Waals surface area contributed by atoms with Crippen molar-refractivity contribution in [2.45, 2.75) is 4.90 Å². The number of anilines is 3. The fourth-order valence-corrected chi connectivity index (χ4v) is 2.33. The minimum absolute atomic E-state index is 0.535. The molecule has 0 radical (unpaired) electrons. The van der Waals surface area contributed by atoms with Gasteiger partial charge in [0, 0.05) is 17.6 Å². The number of rotatable bonds is 4. The van der Waals surface area contributed by atoms with E-state index in [0.29, 0.717) is 17.4 Å². The molecule has 20 heavy (non-hydrogen) atoms. The third kappa shape index (κ3) is 2.39. The summed E-state index contributed by atoms with van der Waals surface area (Å²) in [6.07, 6.45) is 3.66. The normalized spacial score (nSPS) is 10.7. The van der Waals surface area contributed by atoms with E-state index in [1.165, 1.54) is 4.90 Å². The minimum atomic E-state index is 0.535. The lowest BCUT2D eigenvalue weighted by Crippen LogP contribution is -2.01. The van der Waals surface area contributed by atoms with Gasteiger partial charge in [-0.1, -0.05) is 6.07 Å². The van der Waals surface area contributed by atoms with Crippen LogP contribution in [0.3, 0.4) is 0 Å². The van der Waals surface area contributed by atoms with Gasteiger partial charge >= 0.3 is 0 Å². The summed E-state index contributed by atoms with van der Waals surface area (Å²) in [5.41, 5.74) is 2.40. The highest BCUT2D eigenvalue weighted by Crippen LogP contribution is 2.25. The van der Waals surface area contributed by atoms with Crippen molar-refractivity contribution in [2.24, 2.45) is 0 Å². The number of thioether (sulfide) groups is 1. The molecule has 3 N–H and O–H groups in total. The fraction of sp³-hybridized carbons (Fsp3) is 0.154. The Morgan fingerprint density at radius 3 is 2.95 bits per heavy atom. The van der Waals surface area contributed by atoms with Crippen LogP contribution in [0.15, 0.2) is 35.5 Å². The van der Waals surface area contributed by atoms with E-state index in [4.69, 9.17) is 0 Å². The van der Waals surface area contributed by atoms with E-state index in [2.05, 4.69) is 49.0 Å². The van der Waals surface area contributed by atoms with Gasteiger partial charge in [-0.25, -0.2) is 4.98 Å². The Kier molecular flexibility index (Phi) is 3.42. The number of aromatic nitrogens is 4. The van der Waals surface area contributed by atoms with Gasteiger partial charge in [0.25, 0.3) is 0 Å². The molecule has 6 nitrogen and oxygen atoms in total. The second-order valence-corrected chi connectivity index (χ2v) is 4.98. The molecule has 102 valence electrons. The molecule has 3 rings (SSSR count). The molecule has 0 aliphatic rings. The largest absolute Gasteiger partial charge is 0.357 e. The summed E-state index contributed by atoms with van der Waals surface area (Å²) in [5.74, 6) is 1.24. The lowest BCUT2D eigenvalue weighted by atomic mass is 10.3. The number of nitrogens with zero attached hydrogens (tertiary/aromatic N) is 3. The van der Waals surface area contributed by atoms with Crippen LogP contribution in [0.4, 0.5) is 17.5 Å². The molecule has 0 spiro atoms. The maximum Gasteiger partial charge on any atom is 0.226 e. The van der Waals surface area contributed by atoms with Gasteiger partial charge < -0.3 is 15.6 Å². The van der Waals surface area contributed by atoms with Crippen LogP contribution in [-0.2, 0) is 0 Å². The third-order valence-electron chi connectivity index (χ3n) is 2.84. The number of nitrogens with one attached hydrogen (secondary N) is 3. The van der Waals surface area contributed by atoms with Gasteiger partial charge in [0.1, 0.15) is 5.52 Å². The van der Waals surface area contributed by atoms with Crippen molar-refractivity contribution in [1.82, 2.24) is 19.9 Å². The van der Waals surface area contributed by atoms with Gasteiger partial charge in [-0.05, 0) is 24.5 Å². The van der Waals surface area contributed by atoms with Crippen molar-refractivity contribution in [1.29, 1.82) is 0 Å². The SMILES string of the molecule is CNc1nc(Nc2cccc(SC)c2)c2[nH]cnc2n1. The van der Waals surface area contributed by atoms with Crippen LogP contribution in [0, 0.1) is 0 Å². The molecule has 0 amide bonds. The Hall–Kier alpha value is -2.28. The van der Waals surface area contributed by atoms with Crippen molar-refractivity contribution in [3.63, 3.8) is 0 Å². The van der Waals surface area contributed by atoms with Gasteiger partial charge in [-0.3, -0.25) is 0 Å². The Balaban J connectivity index is 2.02. The second-order valence-electron chi connectivity index (χ2n) is 4.10. The zero-order chi connectivity index (χ0) is 13.9. The molecule has 1 aromatic carbocycles. The smallest absolute Gasteiger partial charge is 0.226 e. The van der Waals surface area contributed by atoms with Crippen molar-refractivity contribution in [3.8, 4) is 0 Å². The molecule has 7 heteroatoms. The Morgan fingerprint density at radius 2 is 2.15 bits per heavy atom. The summed E-state index contributed by atoms with van der Waals surface area (Å²) in [7, 11) is 1.78. The first-order valence-corrected chi connectivity index (χ1v) is 7.32. The van der Waals surface area contributed by atoms with Gasteiger partial charge in [0.05, 0.1) is 6.33 Å². The quantitative estimate of drug-likeness (QED) is 0.640.